The van der Waals surface area contributed by atoms with Crippen molar-refractivity contribution in [3.8, 4) is 5.82 Å². The predicted molar refractivity (Wildman–Crippen MR) is 356 cm³/mol. The zero-order valence-electron chi connectivity index (χ0n) is 53.3. The molecule has 0 aromatic carbocycles. The van der Waals surface area contributed by atoms with Crippen LogP contribution < -0.4 is 40.5 Å². The number of pyridine rings is 4. The van der Waals surface area contributed by atoms with Crippen LogP contribution in [0.4, 0.5) is 23.3 Å². The van der Waals surface area contributed by atoms with Crippen LogP contribution in [0.1, 0.15) is 141 Å². The van der Waals surface area contributed by atoms with E-state index >= 15 is 0 Å². The van der Waals surface area contributed by atoms with Gasteiger partial charge in [0.1, 0.15) is 44.0 Å². The number of amides is 2. The fourth-order valence-electron chi connectivity index (χ4n) is 11.7. The van der Waals surface area contributed by atoms with Crippen molar-refractivity contribution in [2.24, 2.45) is 22.7 Å². The van der Waals surface area contributed by atoms with E-state index in [1.165, 1.54) is 29.9 Å². The van der Waals surface area contributed by atoms with Gasteiger partial charge < -0.3 is 20.4 Å². The maximum Gasteiger partial charge on any atom is 0.281 e. The Morgan fingerprint density at radius 2 is 1.10 bits per heavy atom. The summed E-state index contributed by atoms with van der Waals surface area (Å²) in [6, 6.07) is 22.8. The third-order valence-electron chi connectivity index (χ3n) is 17.0. The Bertz CT molecular complexity index is 3640. The smallest absolute Gasteiger partial charge is 0.281 e. The van der Waals surface area contributed by atoms with Crippen LogP contribution in [-0.2, 0) is 20.0 Å². The van der Waals surface area contributed by atoms with Gasteiger partial charge in [0.25, 0.3) is 31.9 Å². The van der Waals surface area contributed by atoms with Crippen molar-refractivity contribution in [2.45, 2.75) is 180 Å². The van der Waals surface area contributed by atoms with Crippen LogP contribution in [0.5, 0.6) is 0 Å². The molecule has 0 aliphatic carbocycles. The lowest BCUT2D eigenvalue weighted by Crippen LogP contribution is -2.43. The Morgan fingerprint density at radius 3 is 1.59 bits per heavy atom. The van der Waals surface area contributed by atoms with E-state index in [9.17, 15) is 26.4 Å². The molecule has 6 aromatic heterocycles. The summed E-state index contributed by atoms with van der Waals surface area (Å²) in [5.41, 5.74) is 0.655. The lowest BCUT2D eigenvalue weighted by Gasteiger charge is -2.34. The molecule has 2 saturated heterocycles. The highest BCUT2D eigenvalue weighted by molar-refractivity contribution is 9.10. The summed E-state index contributed by atoms with van der Waals surface area (Å²) in [6.07, 6.45) is 12.0. The van der Waals surface area contributed by atoms with Gasteiger partial charge in [0.15, 0.2) is 15.9 Å². The molecule has 4 aliphatic heterocycles. The fraction of sp³-hybridized carbons (Fsp3) is 0.548. The number of aromatic nitrogens is 8. The van der Waals surface area contributed by atoms with E-state index in [-0.39, 0.29) is 37.7 Å². The molecule has 87 heavy (non-hydrogen) atoms. The second-order valence-corrected chi connectivity index (χ2v) is 42.4. The number of anilines is 4. The number of rotatable bonds is 7. The van der Waals surface area contributed by atoms with Crippen molar-refractivity contribution in [3.63, 3.8) is 0 Å². The monoisotopic (exact) mass is 1330 g/mol. The molecule has 10 rings (SSSR count). The Morgan fingerprint density at radius 1 is 0.621 bits per heavy atom. The first-order chi connectivity index (χ1) is 40.5. The predicted octanol–water partition coefficient (Wildman–Crippen LogP) is 10.9. The summed E-state index contributed by atoms with van der Waals surface area (Å²) in [5, 5.41) is 20.6. The Balaban J connectivity index is 0.000000192. The van der Waals surface area contributed by atoms with E-state index in [4.69, 9.17) is 10.1 Å². The Hall–Kier alpha value is -6.03. The van der Waals surface area contributed by atoms with E-state index in [0.29, 0.717) is 64.0 Å². The minimum Gasteiger partial charge on any atom is -0.370 e. The van der Waals surface area contributed by atoms with E-state index < -0.39 is 48.0 Å². The van der Waals surface area contributed by atoms with Crippen molar-refractivity contribution < 1.29 is 26.4 Å². The molecule has 25 heteroatoms. The topological polar surface area (TPSA) is 255 Å². The summed E-state index contributed by atoms with van der Waals surface area (Å²) in [4.78, 5) is 49.0. The number of nitrogens with one attached hydrogen (secondary N) is 5. The van der Waals surface area contributed by atoms with Gasteiger partial charge in [-0.2, -0.15) is 27.0 Å². The maximum absolute atomic E-state index is 13.7. The van der Waals surface area contributed by atoms with Crippen molar-refractivity contribution in [1.29, 1.82) is 0 Å². The highest BCUT2D eigenvalue weighted by Gasteiger charge is 2.43. The number of hydrogen-bond donors (Lipinski definition) is 5. The Labute approximate surface area is 526 Å². The minimum atomic E-state index is -4.22. The summed E-state index contributed by atoms with van der Waals surface area (Å²) in [6.45, 7) is 34.7. The summed E-state index contributed by atoms with van der Waals surface area (Å²) >= 11 is 3.39. The second kappa shape index (κ2) is 26.2. The number of carbonyl (C=O) groups excluding carboxylic acids is 2. The van der Waals surface area contributed by atoms with E-state index in [1.807, 2.05) is 12.4 Å². The quantitative estimate of drug-likeness (QED) is 0.0736. The van der Waals surface area contributed by atoms with Crippen LogP contribution >= 0.6 is 15.9 Å². The van der Waals surface area contributed by atoms with Crippen LogP contribution in [0.25, 0.3) is 5.82 Å². The molecule has 0 radical (unpaired) electrons. The standard InChI is InChI=1S/C31H45N7O3SSi.C20H24BrN5O3S.C11H22N2Si/c1-30(2,3)16-19-43(6,7)27-15-18-38(35-27)25-14-13-23-28(34-25)37-21-22(20-31(37,4)5)10-9-17-32-24-11-8-12-26(33-24)42(40,41)36-29(23)39;1-20(2)11-13-5-4-10-22-16-6-3-7-17(24-16)30(28,29)25-19(27)14-8-9-15(21)23-18(14)26(20)12-13;1-11(2,3)7-9-14(4,5)10-6-8-12-13-10/h8,11-15,18,22H,9-10,16-17,19-21H2,1-7H3,(H,32,33)(H,36,39);3,6-9,13H,4-5,10-12H2,1-2H3,(H,22,24)(H,25,27);6,8H,7,9H2,1-5H3,(H,12,13)/t22-;13-;/m00./s1. The van der Waals surface area contributed by atoms with Crippen LogP contribution in [-0.4, -0.2) is 122 Å². The first-order valence-electron chi connectivity index (χ1n) is 30.4. The first kappa shape index (κ1) is 66.9. The molecule has 6 aromatic rings. The lowest BCUT2D eigenvalue weighted by atomic mass is 9.93. The third-order valence-corrected chi connectivity index (χ3v) is 26.3. The van der Waals surface area contributed by atoms with Gasteiger partial charge in [-0.1, -0.05) is 105 Å². The molecule has 8 bridgehead atoms. The fourth-order valence-corrected chi connectivity index (χ4v) is 19.0. The van der Waals surface area contributed by atoms with Gasteiger partial charge >= 0.3 is 0 Å². The van der Waals surface area contributed by atoms with Gasteiger partial charge in [-0.05, 0) is 165 Å². The zero-order valence-corrected chi connectivity index (χ0v) is 58.5. The van der Waals surface area contributed by atoms with Crippen molar-refractivity contribution >= 4 is 97.8 Å². The molecule has 0 saturated carbocycles. The highest BCUT2D eigenvalue weighted by Crippen LogP contribution is 2.42. The molecule has 10 heterocycles. The SMILES string of the molecule is CC(C)(C)CC[Si](C)(C)c1ccn(-c2ccc3c(n2)N2C[C@@H](CCCNc4cccc(n4)S(=O)(=O)NC3=O)CC2(C)C)n1.CC(C)(C)CC[Si](C)(C)c1ccn[nH]1.CC1(C)C[C@@H]2CCCNc3cccc(n3)S(=O)(=O)NC(=O)c3ccc(Br)nc3N1C2. The van der Waals surface area contributed by atoms with Crippen molar-refractivity contribution in [2.75, 3.05) is 46.6 Å². The largest absolute Gasteiger partial charge is 0.370 e. The summed E-state index contributed by atoms with van der Waals surface area (Å²) in [5.74, 6) is 1.88. The van der Waals surface area contributed by atoms with Gasteiger partial charge in [0, 0.05) is 60.3 Å². The summed E-state index contributed by atoms with van der Waals surface area (Å²) in [7, 11) is -11.4. The minimum absolute atomic E-state index is 0.204. The van der Waals surface area contributed by atoms with Crippen LogP contribution in [0.3, 0.4) is 0 Å². The molecule has 2 amide bonds. The average molecular weight is 1330 g/mol. The number of H-pyrrole nitrogens is 1. The molecule has 2 atom stereocenters. The number of halogens is 1. The zero-order chi connectivity index (χ0) is 63.5. The lowest BCUT2D eigenvalue weighted by molar-refractivity contribution is 0.0972. The van der Waals surface area contributed by atoms with Crippen LogP contribution in [0.15, 0.2) is 99.8 Å². The van der Waals surface area contributed by atoms with Crippen molar-refractivity contribution in [3.05, 3.63) is 101 Å². The highest BCUT2D eigenvalue weighted by atomic mass is 79.9. The van der Waals surface area contributed by atoms with Gasteiger partial charge in [-0.3, -0.25) is 14.7 Å². The molecule has 20 nitrogen and oxygen atoms in total. The van der Waals surface area contributed by atoms with E-state index in [2.05, 4.69) is 179 Å². The average Bonchev–Trinajstić information content (AvgIpc) is 2.31. The molecule has 2 fully saturated rings. The number of hydrogen-bond acceptors (Lipinski definition) is 16. The second-order valence-electron chi connectivity index (χ2n) is 28.8. The van der Waals surface area contributed by atoms with Gasteiger partial charge in [0.05, 0.1) is 11.1 Å². The molecular formula is C62H91BrN14O6S2Si2. The van der Waals surface area contributed by atoms with Crippen LogP contribution in [0, 0.1) is 22.7 Å². The first-order valence-corrected chi connectivity index (χ1v) is 40.5. The number of nitrogens with zero attached hydrogens (tertiary/aromatic N) is 9. The molecule has 0 unspecified atom stereocenters. The van der Waals surface area contributed by atoms with E-state index in [1.54, 1.807) is 53.2 Å². The van der Waals surface area contributed by atoms with Gasteiger partial charge in [0.2, 0.25) is 0 Å². The third kappa shape index (κ3) is 17.2. The van der Waals surface area contributed by atoms with E-state index in [0.717, 1.165) is 69.4 Å². The van der Waals surface area contributed by atoms with Gasteiger partial charge in [-0.25, -0.2) is 34.1 Å². The molecule has 5 N–H and O–H groups in total. The number of fused-ring (bicyclic) bond motifs is 12. The Kier molecular flexibility index (Phi) is 20.2. The molecular weight excluding hydrogens is 1240 g/mol. The normalized spacial score (nSPS) is 20.1. The molecule has 4 aliphatic rings. The number of carbonyl (C=O) groups is 2. The maximum atomic E-state index is 13.7. The van der Waals surface area contributed by atoms with Crippen molar-refractivity contribution in [1.82, 2.24) is 49.4 Å². The van der Waals surface area contributed by atoms with Gasteiger partial charge in [-0.15, -0.1) is 0 Å². The number of sulfonamides is 2. The number of aromatic amines is 1. The molecule has 0 spiro atoms. The molecule has 472 valence electrons. The van der Waals surface area contributed by atoms with Crippen LogP contribution in [0.2, 0.25) is 38.3 Å². The summed E-state index contributed by atoms with van der Waals surface area (Å²) < 4.78 is 58.9.